The fourth-order valence-electron chi connectivity index (χ4n) is 2.74. The number of sulfone groups is 1. The molecule has 0 amide bonds. The minimum atomic E-state index is -2.95. The summed E-state index contributed by atoms with van der Waals surface area (Å²) >= 11 is 0. The van der Waals surface area contributed by atoms with Crippen molar-refractivity contribution in [3.63, 3.8) is 0 Å². The van der Waals surface area contributed by atoms with Crippen LogP contribution in [0.2, 0.25) is 0 Å². The van der Waals surface area contributed by atoms with Gasteiger partial charge in [0.05, 0.1) is 11.0 Å². The molecule has 2 atom stereocenters. The number of aryl methyl sites for hydroxylation is 1. The van der Waals surface area contributed by atoms with E-state index in [1.54, 1.807) is 13.8 Å². The number of hydrogen-bond donors (Lipinski definition) is 1. The van der Waals surface area contributed by atoms with Crippen LogP contribution in [0.5, 0.6) is 0 Å². The molecule has 0 saturated carbocycles. The van der Waals surface area contributed by atoms with E-state index in [0.717, 1.165) is 12.8 Å². The zero-order valence-corrected chi connectivity index (χ0v) is 12.5. The Morgan fingerprint density at radius 3 is 2.68 bits per heavy atom. The molecule has 0 saturated heterocycles. The van der Waals surface area contributed by atoms with Gasteiger partial charge in [-0.2, -0.15) is 0 Å². The molecule has 0 radical (unpaired) electrons. The zero-order chi connectivity index (χ0) is 14.0. The van der Waals surface area contributed by atoms with Gasteiger partial charge in [-0.3, -0.25) is 0 Å². The summed E-state index contributed by atoms with van der Waals surface area (Å²) in [6.07, 6.45) is 2.68. The van der Waals surface area contributed by atoms with E-state index in [-0.39, 0.29) is 23.0 Å². The molecule has 2 unspecified atom stereocenters. The lowest BCUT2D eigenvalue weighted by Gasteiger charge is -2.31. The van der Waals surface area contributed by atoms with Gasteiger partial charge in [0, 0.05) is 6.04 Å². The monoisotopic (exact) mass is 281 g/mol. The molecule has 0 aliphatic heterocycles. The molecule has 4 heteroatoms. The predicted molar refractivity (Wildman–Crippen MR) is 78.7 cm³/mol. The van der Waals surface area contributed by atoms with Gasteiger partial charge in [-0.15, -0.1) is 0 Å². The van der Waals surface area contributed by atoms with E-state index in [2.05, 4.69) is 12.1 Å². The standard InChI is InChI=1S/C15H23NO2S/c1-11(2)19(17,18)10-9-13-8-7-12-5-3-4-6-14(12)15(13)16/h3-6,11,13,15H,7-10,16H2,1-2H3. The zero-order valence-electron chi connectivity index (χ0n) is 11.7. The summed E-state index contributed by atoms with van der Waals surface area (Å²) in [5.41, 5.74) is 8.81. The van der Waals surface area contributed by atoms with Crippen LogP contribution < -0.4 is 5.73 Å². The molecule has 0 fully saturated rings. The largest absolute Gasteiger partial charge is 0.324 e. The Bertz CT molecular complexity index is 537. The second kappa shape index (κ2) is 5.63. The predicted octanol–water partition coefficient (Wildman–Crippen LogP) is 2.46. The van der Waals surface area contributed by atoms with Crippen molar-refractivity contribution in [1.29, 1.82) is 0 Å². The maximum atomic E-state index is 11.9. The molecule has 0 aromatic heterocycles. The quantitative estimate of drug-likeness (QED) is 0.922. The fourth-order valence-corrected chi connectivity index (χ4v) is 3.84. The lowest BCUT2D eigenvalue weighted by atomic mass is 9.79. The highest BCUT2D eigenvalue weighted by Crippen LogP contribution is 2.34. The van der Waals surface area contributed by atoms with Crippen molar-refractivity contribution in [3.8, 4) is 0 Å². The van der Waals surface area contributed by atoms with Crippen LogP contribution in [0.3, 0.4) is 0 Å². The summed E-state index contributed by atoms with van der Waals surface area (Å²) in [5, 5.41) is -0.292. The smallest absolute Gasteiger partial charge is 0.152 e. The third kappa shape index (κ3) is 3.18. The Hall–Kier alpha value is -0.870. The first-order valence-electron chi connectivity index (χ1n) is 6.97. The number of rotatable bonds is 4. The van der Waals surface area contributed by atoms with E-state index in [4.69, 9.17) is 5.73 Å². The number of hydrogen-bond acceptors (Lipinski definition) is 3. The van der Waals surface area contributed by atoms with Crippen LogP contribution in [-0.2, 0) is 16.3 Å². The van der Waals surface area contributed by atoms with Crippen molar-refractivity contribution in [2.45, 2.75) is 44.4 Å². The number of fused-ring (bicyclic) bond motifs is 1. The minimum Gasteiger partial charge on any atom is -0.324 e. The van der Waals surface area contributed by atoms with Gasteiger partial charge >= 0.3 is 0 Å². The van der Waals surface area contributed by atoms with Crippen LogP contribution in [0, 0.1) is 5.92 Å². The van der Waals surface area contributed by atoms with Gasteiger partial charge in [-0.05, 0) is 50.2 Å². The maximum absolute atomic E-state index is 11.9. The van der Waals surface area contributed by atoms with Crippen molar-refractivity contribution in [2.24, 2.45) is 11.7 Å². The van der Waals surface area contributed by atoms with E-state index < -0.39 is 9.84 Å². The van der Waals surface area contributed by atoms with Gasteiger partial charge in [-0.1, -0.05) is 24.3 Å². The van der Waals surface area contributed by atoms with Crippen molar-refractivity contribution in [1.82, 2.24) is 0 Å². The molecule has 2 rings (SSSR count). The van der Waals surface area contributed by atoms with Crippen LogP contribution in [0.4, 0.5) is 0 Å². The van der Waals surface area contributed by atoms with Crippen LogP contribution in [0.1, 0.15) is 43.9 Å². The van der Waals surface area contributed by atoms with Crippen molar-refractivity contribution >= 4 is 9.84 Å². The van der Waals surface area contributed by atoms with Crippen LogP contribution in [0.15, 0.2) is 24.3 Å². The molecule has 1 aromatic rings. The summed E-state index contributed by atoms with van der Waals surface area (Å²) in [6, 6.07) is 8.22. The van der Waals surface area contributed by atoms with E-state index in [0.29, 0.717) is 6.42 Å². The molecular weight excluding hydrogens is 258 g/mol. The van der Waals surface area contributed by atoms with Crippen molar-refractivity contribution in [2.75, 3.05) is 5.75 Å². The summed E-state index contributed by atoms with van der Waals surface area (Å²) in [6.45, 7) is 3.48. The third-order valence-electron chi connectivity index (χ3n) is 4.20. The second-order valence-electron chi connectivity index (χ2n) is 5.73. The van der Waals surface area contributed by atoms with E-state index in [1.165, 1.54) is 11.1 Å². The molecule has 1 aliphatic carbocycles. The van der Waals surface area contributed by atoms with E-state index in [9.17, 15) is 8.42 Å². The molecule has 19 heavy (non-hydrogen) atoms. The Kier molecular flexibility index (Phi) is 4.31. The highest BCUT2D eigenvalue weighted by Gasteiger charge is 2.28. The molecule has 1 aliphatic rings. The Morgan fingerprint density at radius 1 is 1.32 bits per heavy atom. The molecule has 0 bridgehead atoms. The molecule has 106 valence electrons. The van der Waals surface area contributed by atoms with Crippen LogP contribution >= 0.6 is 0 Å². The Morgan fingerprint density at radius 2 is 2.00 bits per heavy atom. The third-order valence-corrected chi connectivity index (χ3v) is 6.44. The lowest BCUT2D eigenvalue weighted by Crippen LogP contribution is -2.30. The van der Waals surface area contributed by atoms with Crippen LogP contribution in [-0.4, -0.2) is 19.4 Å². The molecule has 1 aromatic carbocycles. The molecule has 0 spiro atoms. The second-order valence-corrected chi connectivity index (χ2v) is 8.40. The summed E-state index contributed by atoms with van der Waals surface area (Å²) in [4.78, 5) is 0. The maximum Gasteiger partial charge on any atom is 0.152 e. The topological polar surface area (TPSA) is 60.2 Å². The van der Waals surface area contributed by atoms with Gasteiger partial charge in [0.2, 0.25) is 0 Å². The molecule has 2 N–H and O–H groups in total. The van der Waals surface area contributed by atoms with Crippen LogP contribution in [0.25, 0.3) is 0 Å². The van der Waals surface area contributed by atoms with E-state index in [1.807, 2.05) is 12.1 Å². The minimum absolute atomic E-state index is 0.0210. The first-order chi connectivity index (χ1) is 8.92. The molecular formula is C15H23NO2S. The first kappa shape index (κ1) is 14.5. The number of benzene rings is 1. The lowest BCUT2D eigenvalue weighted by molar-refractivity contribution is 0.367. The fraction of sp³-hybridized carbons (Fsp3) is 0.600. The highest BCUT2D eigenvalue weighted by atomic mass is 32.2. The van der Waals surface area contributed by atoms with Gasteiger partial charge in [0.1, 0.15) is 0 Å². The van der Waals surface area contributed by atoms with Gasteiger partial charge < -0.3 is 5.73 Å². The normalized spacial score (nSPS) is 23.4. The van der Waals surface area contributed by atoms with Gasteiger partial charge in [-0.25, -0.2) is 8.42 Å². The van der Waals surface area contributed by atoms with E-state index >= 15 is 0 Å². The summed E-state index contributed by atoms with van der Waals surface area (Å²) in [5.74, 6) is 0.536. The summed E-state index contributed by atoms with van der Waals surface area (Å²) in [7, 11) is -2.95. The number of nitrogens with two attached hydrogens (primary N) is 1. The Labute approximate surface area is 116 Å². The van der Waals surface area contributed by atoms with Crippen molar-refractivity contribution in [3.05, 3.63) is 35.4 Å². The average Bonchev–Trinajstić information content (AvgIpc) is 2.38. The molecule has 0 heterocycles. The summed E-state index contributed by atoms with van der Waals surface area (Å²) < 4.78 is 23.8. The van der Waals surface area contributed by atoms with Gasteiger partial charge in [0.25, 0.3) is 0 Å². The first-order valence-corrected chi connectivity index (χ1v) is 8.68. The SMILES string of the molecule is CC(C)S(=O)(=O)CCC1CCc2ccccc2C1N. The molecule has 3 nitrogen and oxygen atoms in total. The van der Waals surface area contributed by atoms with Crippen molar-refractivity contribution < 1.29 is 8.42 Å². The Balaban J connectivity index is 2.05. The highest BCUT2D eigenvalue weighted by molar-refractivity contribution is 7.91. The van der Waals surface area contributed by atoms with Gasteiger partial charge in [0.15, 0.2) is 9.84 Å². The average molecular weight is 281 g/mol.